The summed E-state index contributed by atoms with van der Waals surface area (Å²) in [6, 6.07) is 10.0. The Morgan fingerprint density at radius 1 is 1.31 bits per heavy atom. The van der Waals surface area contributed by atoms with Crippen molar-refractivity contribution in [2.45, 2.75) is 19.4 Å². The second-order valence-electron chi connectivity index (χ2n) is 3.73. The van der Waals surface area contributed by atoms with Crippen LogP contribution in [0.3, 0.4) is 0 Å². The van der Waals surface area contributed by atoms with Crippen molar-refractivity contribution in [2.24, 2.45) is 5.73 Å². The second-order valence-corrected chi connectivity index (χ2v) is 3.73. The molecule has 0 saturated carbocycles. The summed E-state index contributed by atoms with van der Waals surface area (Å²) in [5, 5.41) is 12.4. The first-order valence-electron chi connectivity index (χ1n) is 5.36. The average molecular weight is 217 g/mol. The fourth-order valence-electron chi connectivity index (χ4n) is 1.47. The van der Waals surface area contributed by atoms with Crippen molar-refractivity contribution in [1.29, 1.82) is 0 Å². The molecule has 1 heterocycles. The minimum atomic E-state index is 0.190. The van der Waals surface area contributed by atoms with Crippen molar-refractivity contribution in [3.63, 3.8) is 0 Å². The molecule has 2 rings (SSSR count). The highest BCUT2D eigenvalue weighted by atomic mass is 15.6. The number of tetrazole rings is 1. The van der Waals surface area contributed by atoms with Gasteiger partial charge in [0.1, 0.15) is 0 Å². The molecule has 0 bridgehead atoms. The second kappa shape index (κ2) is 4.85. The van der Waals surface area contributed by atoms with Gasteiger partial charge < -0.3 is 5.73 Å². The summed E-state index contributed by atoms with van der Waals surface area (Å²) < 4.78 is 0. The number of benzene rings is 1. The molecule has 0 saturated heterocycles. The normalized spacial score (nSPS) is 12.6. The Hall–Kier alpha value is -1.75. The van der Waals surface area contributed by atoms with Gasteiger partial charge in [0.25, 0.3) is 0 Å². The number of rotatable bonds is 4. The van der Waals surface area contributed by atoms with Gasteiger partial charge in [-0.15, -0.1) is 10.2 Å². The van der Waals surface area contributed by atoms with Gasteiger partial charge in [0.2, 0.25) is 5.82 Å². The van der Waals surface area contributed by atoms with Crippen LogP contribution in [-0.2, 0) is 0 Å². The van der Waals surface area contributed by atoms with Gasteiger partial charge in [-0.1, -0.05) is 30.3 Å². The van der Waals surface area contributed by atoms with Gasteiger partial charge in [-0.05, 0) is 25.1 Å². The predicted molar refractivity (Wildman–Crippen MR) is 61.6 cm³/mol. The molecule has 2 N–H and O–H groups in total. The van der Waals surface area contributed by atoms with E-state index in [-0.39, 0.29) is 6.04 Å². The highest BCUT2D eigenvalue weighted by Crippen LogP contribution is 2.14. The lowest BCUT2D eigenvalue weighted by molar-refractivity contribution is 0.406. The van der Waals surface area contributed by atoms with E-state index in [2.05, 4.69) is 15.4 Å². The third kappa shape index (κ3) is 2.25. The third-order valence-corrected chi connectivity index (χ3v) is 2.44. The van der Waals surface area contributed by atoms with E-state index in [0.717, 1.165) is 12.0 Å². The summed E-state index contributed by atoms with van der Waals surface area (Å²) in [6.45, 7) is 2.66. The first kappa shape index (κ1) is 10.8. The van der Waals surface area contributed by atoms with E-state index < -0.39 is 0 Å². The van der Waals surface area contributed by atoms with E-state index in [4.69, 9.17) is 5.73 Å². The maximum Gasteiger partial charge on any atom is 0.204 e. The largest absolute Gasteiger partial charge is 0.330 e. The summed E-state index contributed by atoms with van der Waals surface area (Å²) in [5.74, 6) is 0.657. The van der Waals surface area contributed by atoms with Crippen molar-refractivity contribution in [3.8, 4) is 11.4 Å². The Morgan fingerprint density at radius 2 is 2.06 bits per heavy atom. The number of hydrogen-bond acceptors (Lipinski definition) is 4. The zero-order chi connectivity index (χ0) is 11.4. The third-order valence-electron chi connectivity index (χ3n) is 2.44. The molecular formula is C11H15N5. The van der Waals surface area contributed by atoms with Crippen LogP contribution < -0.4 is 5.73 Å². The van der Waals surface area contributed by atoms with Crippen LogP contribution in [0.15, 0.2) is 30.3 Å². The Balaban J connectivity index is 2.20. The zero-order valence-corrected chi connectivity index (χ0v) is 9.24. The van der Waals surface area contributed by atoms with Crippen LogP contribution in [0.25, 0.3) is 11.4 Å². The lowest BCUT2D eigenvalue weighted by Gasteiger charge is -2.06. The fraction of sp³-hybridized carbons (Fsp3) is 0.364. The van der Waals surface area contributed by atoms with E-state index >= 15 is 0 Å². The van der Waals surface area contributed by atoms with Crippen LogP contribution in [0.1, 0.15) is 19.4 Å². The lowest BCUT2D eigenvalue weighted by atomic mass is 10.2. The van der Waals surface area contributed by atoms with Gasteiger partial charge in [-0.25, -0.2) is 0 Å². The van der Waals surface area contributed by atoms with Gasteiger partial charge in [0.05, 0.1) is 6.04 Å². The molecule has 1 aromatic heterocycles. The minimum Gasteiger partial charge on any atom is -0.330 e. The first-order chi connectivity index (χ1) is 7.81. The molecule has 1 aromatic carbocycles. The maximum absolute atomic E-state index is 5.50. The predicted octanol–water partition coefficient (Wildman–Crippen LogP) is 1.25. The molecule has 5 nitrogen and oxygen atoms in total. The SMILES string of the molecule is CC(CCN)n1nnc(-c2ccccc2)n1. The van der Waals surface area contributed by atoms with Gasteiger partial charge in [0.15, 0.2) is 0 Å². The summed E-state index contributed by atoms with van der Waals surface area (Å²) >= 11 is 0. The monoisotopic (exact) mass is 217 g/mol. The summed E-state index contributed by atoms with van der Waals surface area (Å²) in [4.78, 5) is 1.62. The molecule has 0 aliphatic rings. The van der Waals surface area contributed by atoms with Crippen molar-refractivity contribution in [1.82, 2.24) is 20.2 Å². The van der Waals surface area contributed by atoms with Gasteiger partial charge in [0, 0.05) is 5.56 Å². The van der Waals surface area contributed by atoms with Gasteiger partial charge in [-0.2, -0.15) is 4.80 Å². The van der Waals surface area contributed by atoms with E-state index in [1.807, 2.05) is 37.3 Å². The van der Waals surface area contributed by atoms with Crippen molar-refractivity contribution in [2.75, 3.05) is 6.54 Å². The van der Waals surface area contributed by atoms with Crippen LogP contribution in [0.4, 0.5) is 0 Å². The molecule has 0 fully saturated rings. The fourth-order valence-corrected chi connectivity index (χ4v) is 1.47. The molecule has 0 aliphatic carbocycles. The van der Waals surface area contributed by atoms with Crippen molar-refractivity contribution < 1.29 is 0 Å². The van der Waals surface area contributed by atoms with Crippen LogP contribution in [0.5, 0.6) is 0 Å². The molecule has 1 atom stereocenters. The van der Waals surface area contributed by atoms with E-state index in [1.165, 1.54) is 0 Å². The molecule has 16 heavy (non-hydrogen) atoms. The molecule has 0 amide bonds. The molecule has 84 valence electrons. The average Bonchev–Trinajstić information content (AvgIpc) is 2.80. The van der Waals surface area contributed by atoms with Crippen molar-refractivity contribution in [3.05, 3.63) is 30.3 Å². The lowest BCUT2D eigenvalue weighted by Crippen LogP contribution is -2.13. The van der Waals surface area contributed by atoms with Crippen molar-refractivity contribution >= 4 is 0 Å². The Morgan fingerprint density at radius 3 is 2.75 bits per heavy atom. The quantitative estimate of drug-likeness (QED) is 0.836. The van der Waals surface area contributed by atoms with Gasteiger partial charge in [-0.3, -0.25) is 0 Å². The molecule has 2 aromatic rings. The van der Waals surface area contributed by atoms with Gasteiger partial charge >= 0.3 is 0 Å². The molecule has 0 spiro atoms. The molecule has 0 aliphatic heterocycles. The zero-order valence-electron chi connectivity index (χ0n) is 9.24. The topological polar surface area (TPSA) is 69.6 Å². The van der Waals surface area contributed by atoms with Crippen LogP contribution in [0, 0.1) is 0 Å². The van der Waals surface area contributed by atoms with E-state index in [9.17, 15) is 0 Å². The Bertz CT molecular complexity index is 437. The van der Waals surface area contributed by atoms with Crippen LogP contribution in [0.2, 0.25) is 0 Å². The molecule has 1 unspecified atom stereocenters. The Kier molecular flexibility index (Phi) is 3.26. The molecular weight excluding hydrogens is 202 g/mol. The smallest absolute Gasteiger partial charge is 0.204 e. The van der Waals surface area contributed by atoms with E-state index in [0.29, 0.717) is 12.4 Å². The Labute approximate surface area is 94.3 Å². The standard InChI is InChI=1S/C11H15N5/c1-9(7-8-12)16-14-11(13-15-16)10-5-3-2-4-6-10/h2-6,9H,7-8,12H2,1H3. The number of nitrogens with two attached hydrogens (primary N) is 1. The number of hydrogen-bond donors (Lipinski definition) is 1. The van der Waals surface area contributed by atoms with Crippen LogP contribution in [-0.4, -0.2) is 26.8 Å². The molecule has 0 radical (unpaired) electrons. The van der Waals surface area contributed by atoms with Crippen LogP contribution >= 0.6 is 0 Å². The highest BCUT2D eigenvalue weighted by molar-refractivity contribution is 5.52. The summed E-state index contributed by atoms with van der Waals surface area (Å²) in [5.41, 5.74) is 6.48. The highest BCUT2D eigenvalue weighted by Gasteiger charge is 2.09. The maximum atomic E-state index is 5.50. The molecule has 5 heteroatoms. The number of aromatic nitrogens is 4. The summed E-state index contributed by atoms with van der Waals surface area (Å²) in [6.07, 6.45) is 0.852. The minimum absolute atomic E-state index is 0.190. The summed E-state index contributed by atoms with van der Waals surface area (Å²) in [7, 11) is 0. The first-order valence-corrected chi connectivity index (χ1v) is 5.36. The number of nitrogens with zero attached hydrogens (tertiary/aromatic N) is 4. The van der Waals surface area contributed by atoms with E-state index in [1.54, 1.807) is 4.80 Å².